The molecule has 0 amide bonds. The smallest absolute Gasteiger partial charge is 0.306 e. The summed E-state index contributed by atoms with van der Waals surface area (Å²) in [5, 5.41) is 8.28. The van der Waals surface area contributed by atoms with Gasteiger partial charge in [-0.05, 0) is 13.3 Å². The van der Waals surface area contributed by atoms with Gasteiger partial charge in [0.15, 0.2) is 0 Å². The Balaban J connectivity index is 3.48. The molecule has 0 radical (unpaired) electrons. The molecule has 0 saturated heterocycles. The second-order valence-electron chi connectivity index (χ2n) is 2.77. The molecule has 0 aliphatic rings. The Morgan fingerprint density at radius 1 is 1.67 bits per heavy atom. The Morgan fingerprint density at radius 2 is 2.33 bits per heavy atom. The number of rotatable bonds is 5. The predicted molar refractivity (Wildman–Crippen MR) is 45.3 cm³/mol. The van der Waals surface area contributed by atoms with Gasteiger partial charge in [-0.3, -0.25) is 4.79 Å². The average molecular weight is 169 g/mol. The van der Waals surface area contributed by atoms with Gasteiger partial charge >= 0.3 is 5.97 Å². The van der Waals surface area contributed by atoms with Gasteiger partial charge in [-0.2, -0.15) is 5.26 Å². The summed E-state index contributed by atoms with van der Waals surface area (Å²) in [5.74, 6) is -0.195. The quantitative estimate of drug-likeness (QED) is 0.591. The van der Waals surface area contributed by atoms with Gasteiger partial charge in [0.25, 0.3) is 0 Å². The molecule has 0 aliphatic heterocycles. The highest BCUT2D eigenvalue weighted by molar-refractivity contribution is 5.69. The Bertz CT molecular complexity index is 172. The van der Waals surface area contributed by atoms with E-state index in [4.69, 9.17) is 10.00 Å². The summed E-state index contributed by atoms with van der Waals surface area (Å²) < 4.78 is 4.93. The molecule has 0 aromatic rings. The number of nitriles is 1. The summed E-state index contributed by atoms with van der Waals surface area (Å²) in [4.78, 5) is 11.0. The molecule has 0 heterocycles. The van der Waals surface area contributed by atoms with Crippen LogP contribution < -0.4 is 0 Å². The van der Waals surface area contributed by atoms with E-state index in [0.717, 1.165) is 12.8 Å². The second kappa shape index (κ2) is 6.66. The van der Waals surface area contributed by atoms with Gasteiger partial charge in [0.1, 0.15) is 6.10 Å². The summed E-state index contributed by atoms with van der Waals surface area (Å²) in [6.45, 7) is 3.75. The third kappa shape index (κ3) is 5.72. The van der Waals surface area contributed by atoms with Crippen molar-refractivity contribution >= 4 is 5.97 Å². The number of carbonyl (C=O) groups excluding carboxylic acids is 1. The number of hydrogen-bond acceptors (Lipinski definition) is 3. The van der Waals surface area contributed by atoms with Crippen molar-refractivity contribution in [2.45, 2.75) is 45.6 Å². The molecule has 0 unspecified atom stereocenters. The lowest BCUT2D eigenvalue weighted by Crippen LogP contribution is -2.13. The molecule has 0 aromatic carbocycles. The van der Waals surface area contributed by atoms with Gasteiger partial charge in [0, 0.05) is 6.42 Å². The minimum absolute atomic E-state index is 0.195. The van der Waals surface area contributed by atoms with Crippen molar-refractivity contribution in [2.75, 3.05) is 0 Å². The number of unbranched alkanes of at least 4 members (excludes halogenated alkanes) is 1. The molecular weight excluding hydrogens is 154 g/mol. The van der Waals surface area contributed by atoms with Crippen molar-refractivity contribution in [3.05, 3.63) is 0 Å². The maximum atomic E-state index is 11.0. The van der Waals surface area contributed by atoms with Crippen LogP contribution in [-0.4, -0.2) is 12.1 Å². The molecule has 0 fully saturated rings. The van der Waals surface area contributed by atoms with Crippen LogP contribution in [0.1, 0.15) is 39.5 Å². The Labute approximate surface area is 73.3 Å². The monoisotopic (exact) mass is 169 g/mol. The topological polar surface area (TPSA) is 50.1 Å². The number of nitrogens with zero attached hydrogens (tertiary/aromatic N) is 1. The lowest BCUT2D eigenvalue weighted by Gasteiger charge is -2.08. The van der Waals surface area contributed by atoms with Crippen LogP contribution in [0.3, 0.4) is 0 Å². The van der Waals surface area contributed by atoms with Gasteiger partial charge in [0.2, 0.25) is 0 Å². The Morgan fingerprint density at radius 3 is 2.83 bits per heavy atom. The molecule has 0 bridgehead atoms. The van der Waals surface area contributed by atoms with Crippen LogP contribution >= 0.6 is 0 Å². The highest BCUT2D eigenvalue weighted by atomic mass is 16.5. The summed E-state index contributed by atoms with van der Waals surface area (Å²) in [6, 6.07) is 1.95. The zero-order valence-electron chi connectivity index (χ0n) is 7.67. The van der Waals surface area contributed by atoms with Gasteiger partial charge in [-0.15, -0.1) is 0 Å². The average Bonchev–Trinajstić information content (AvgIpc) is 2.01. The van der Waals surface area contributed by atoms with E-state index in [-0.39, 0.29) is 18.5 Å². The highest BCUT2D eigenvalue weighted by Gasteiger charge is 2.07. The van der Waals surface area contributed by atoms with Crippen LogP contribution in [0.15, 0.2) is 0 Å². The number of hydrogen-bond donors (Lipinski definition) is 0. The van der Waals surface area contributed by atoms with Crippen molar-refractivity contribution in [3.8, 4) is 6.07 Å². The molecule has 3 nitrogen and oxygen atoms in total. The first kappa shape index (κ1) is 11.0. The van der Waals surface area contributed by atoms with Crippen LogP contribution in [0, 0.1) is 11.3 Å². The largest absolute Gasteiger partial charge is 0.462 e. The molecule has 0 aliphatic carbocycles. The zero-order chi connectivity index (χ0) is 9.40. The summed E-state index contributed by atoms with van der Waals surface area (Å²) in [7, 11) is 0. The van der Waals surface area contributed by atoms with Crippen LogP contribution in [-0.2, 0) is 9.53 Å². The van der Waals surface area contributed by atoms with Crippen LogP contribution in [0.5, 0.6) is 0 Å². The van der Waals surface area contributed by atoms with Gasteiger partial charge in [-0.1, -0.05) is 13.3 Å². The van der Waals surface area contributed by atoms with E-state index in [1.165, 1.54) is 0 Å². The van der Waals surface area contributed by atoms with E-state index in [0.29, 0.717) is 6.42 Å². The van der Waals surface area contributed by atoms with Gasteiger partial charge in [-0.25, -0.2) is 0 Å². The molecule has 68 valence electrons. The maximum absolute atomic E-state index is 11.0. The van der Waals surface area contributed by atoms with Gasteiger partial charge in [0.05, 0.1) is 12.5 Å². The van der Waals surface area contributed by atoms with Crippen molar-refractivity contribution < 1.29 is 9.53 Å². The lowest BCUT2D eigenvalue weighted by molar-refractivity contribution is -0.148. The summed E-state index contributed by atoms with van der Waals surface area (Å²) >= 11 is 0. The third-order valence-corrected chi connectivity index (χ3v) is 1.45. The molecule has 0 aromatic heterocycles. The fourth-order valence-electron chi connectivity index (χ4n) is 0.775. The Kier molecular flexibility index (Phi) is 6.08. The first-order valence-corrected chi connectivity index (χ1v) is 4.27. The van der Waals surface area contributed by atoms with Crippen LogP contribution in [0.25, 0.3) is 0 Å². The molecule has 0 saturated carbocycles. The van der Waals surface area contributed by atoms with E-state index in [1.807, 2.05) is 13.0 Å². The Hall–Kier alpha value is -1.04. The summed E-state index contributed by atoms with van der Waals surface area (Å²) in [5.41, 5.74) is 0. The second-order valence-corrected chi connectivity index (χ2v) is 2.77. The van der Waals surface area contributed by atoms with Gasteiger partial charge < -0.3 is 4.74 Å². The lowest BCUT2D eigenvalue weighted by atomic mass is 10.2. The normalized spacial score (nSPS) is 11.8. The fourth-order valence-corrected chi connectivity index (χ4v) is 0.775. The van der Waals surface area contributed by atoms with Crippen LogP contribution in [0.2, 0.25) is 0 Å². The molecular formula is C9H15NO2. The number of ether oxygens (including phenoxy) is 1. The van der Waals surface area contributed by atoms with Crippen molar-refractivity contribution in [1.82, 2.24) is 0 Å². The number of carbonyl (C=O) groups is 1. The van der Waals surface area contributed by atoms with E-state index >= 15 is 0 Å². The van der Waals surface area contributed by atoms with Crippen LogP contribution in [0.4, 0.5) is 0 Å². The van der Waals surface area contributed by atoms with E-state index in [9.17, 15) is 4.79 Å². The third-order valence-electron chi connectivity index (χ3n) is 1.45. The molecule has 12 heavy (non-hydrogen) atoms. The molecule has 0 N–H and O–H groups in total. The minimum Gasteiger partial charge on any atom is -0.462 e. The number of esters is 1. The summed E-state index contributed by atoms with van der Waals surface area (Å²) in [6.07, 6.45) is 2.32. The van der Waals surface area contributed by atoms with Crippen molar-refractivity contribution in [2.24, 2.45) is 0 Å². The first-order chi connectivity index (χ1) is 5.70. The fraction of sp³-hybridized carbons (Fsp3) is 0.778. The maximum Gasteiger partial charge on any atom is 0.306 e. The first-order valence-electron chi connectivity index (χ1n) is 4.27. The standard InChI is InChI=1S/C9H15NO2/c1-3-4-5-9(11)12-8(2)6-7-10/h8H,3-6H2,1-2H3/t8-/m1/s1. The highest BCUT2D eigenvalue weighted by Crippen LogP contribution is 2.01. The minimum atomic E-state index is -0.264. The SMILES string of the molecule is CCCCC(=O)O[C@H](C)CC#N. The molecule has 3 heteroatoms. The molecule has 1 atom stereocenters. The van der Waals surface area contributed by atoms with E-state index in [2.05, 4.69) is 0 Å². The van der Waals surface area contributed by atoms with E-state index in [1.54, 1.807) is 6.92 Å². The van der Waals surface area contributed by atoms with Crippen molar-refractivity contribution in [3.63, 3.8) is 0 Å². The zero-order valence-corrected chi connectivity index (χ0v) is 7.67. The predicted octanol–water partition coefficient (Wildman–Crippen LogP) is 2.02. The van der Waals surface area contributed by atoms with E-state index < -0.39 is 0 Å². The van der Waals surface area contributed by atoms with Crippen molar-refractivity contribution in [1.29, 1.82) is 5.26 Å². The molecule has 0 spiro atoms. The molecule has 0 rings (SSSR count).